The van der Waals surface area contributed by atoms with Crippen molar-refractivity contribution in [3.05, 3.63) is 64.2 Å². The molecule has 2 aromatic carbocycles. The maximum absolute atomic E-state index is 13.4. The van der Waals surface area contributed by atoms with Gasteiger partial charge in [0.25, 0.3) is 11.6 Å². The molecule has 34 heavy (non-hydrogen) atoms. The van der Waals surface area contributed by atoms with E-state index in [1.165, 1.54) is 24.3 Å². The maximum atomic E-state index is 13.4. The first-order valence-corrected chi connectivity index (χ1v) is 11.7. The molecule has 1 unspecified atom stereocenters. The Bertz CT molecular complexity index is 1010. The highest BCUT2D eigenvalue weighted by atomic mass is 16.6. The number of nitrogens with one attached hydrogen (secondary N) is 1. The second kappa shape index (κ2) is 10.6. The molecule has 180 valence electrons. The predicted octanol–water partition coefficient (Wildman–Crippen LogP) is 3.56. The molecule has 0 radical (unpaired) electrons. The number of nitrogens with zero attached hydrogens (tertiary/aromatic N) is 3. The van der Waals surface area contributed by atoms with Crippen LogP contribution >= 0.6 is 0 Å². The van der Waals surface area contributed by atoms with Gasteiger partial charge in [-0.05, 0) is 55.2 Å². The van der Waals surface area contributed by atoms with Crippen molar-refractivity contribution >= 4 is 23.2 Å². The number of rotatable bonds is 7. The average molecular weight is 467 g/mol. The van der Waals surface area contributed by atoms with Gasteiger partial charge in [0.2, 0.25) is 5.91 Å². The quantitative estimate of drug-likeness (QED) is 0.494. The highest BCUT2D eigenvalue weighted by molar-refractivity contribution is 5.96. The first kappa shape index (κ1) is 23.7. The molecule has 2 fully saturated rings. The van der Waals surface area contributed by atoms with Gasteiger partial charge in [0, 0.05) is 49.6 Å². The van der Waals surface area contributed by atoms with Gasteiger partial charge in [-0.15, -0.1) is 0 Å². The number of methoxy groups -OCH3 is 1. The van der Waals surface area contributed by atoms with Crippen LogP contribution in [0.1, 0.15) is 36.0 Å². The van der Waals surface area contributed by atoms with E-state index >= 15 is 0 Å². The van der Waals surface area contributed by atoms with E-state index in [9.17, 15) is 19.7 Å². The lowest BCUT2D eigenvalue weighted by molar-refractivity contribution is -0.384. The van der Waals surface area contributed by atoms with Crippen LogP contribution in [0.5, 0.6) is 5.75 Å². The van der Waals surface area contributed by atoms with E-state index in [2.05, 4.69) is 10.2 Å². The number of amides is 2. The SMILES string of the molecule is COc1ccc(NC(=O)C(C2CCCC2)N2CCN(C(=O)c3ccc([N+](=O)[O-])cc3)CC2)cc1. The minimum atomic E-state index is -0.479. The van der Waals surface area contributed by atoms with E-state index in [1.54, 1.807) is 12.0 Å². The number of nitro benzene ring substituents is 1. The van der Waals surface area contributed by atoms with E-state index in [1.807, 2.05) is 24.3 Å². The number of piperazine rings is 1. The molecule has 9 heteroatoms. The molecule has 0 bridgehead atoms. The third kappa shape index (κ3) is 5.36. The number of nitro groups is 1. The van der Waals surface area contributed by atoms with Crippen molar-refractivity contribution in [2.45, 2.75) is 31.7 Å². The van der Waals surface area contributed by atoms with Crippen molar-refractivity contribution in [1.29, 1.82) is 0 Å². The molecule has 9 nitrogen and oxygen atoms in total. The first-order chi connectivity index (χ1) is 16.5. The van der Waals surface area contributed by atoms with Crippen molar-refractivity contribution in [3.63, 3.8) is 0 Å². The van der Waals surface area contributed by atoms with Crippen LogP contribution in [0.4, 0.5) is 11.4 Å². The fourth-order valence-corrected chi connectivity index (χ4v) is 4.95. The topological polar surface area (TPSA) is 105 Å². The van der Waals surface area contributed by atoms with E-state index in [4.69, 9.17) is 4.74 Å². The molecule has 1 heterocycles. The average Bonchev–Trinajstić information content (AvgIpc) is 3.39. The summed E-state index contributed by atoms with van der Waals surface area (Å²) in [6, 6.07) is 12.8. The smallest absolute Gasteiger partial charge is 0.269 e. The van der Waals surface area contributed by atoms with Gasteiger partial charge < -0.3 is 15.0 Å². The molecule has 1 saturated carbocycles. The zero-order chi connectivity index (χ0) is 24.1. The third-order valence-corrected chi connectivity index (χ3v) is 6.79. The normalized spacial score (nSPS) is 17.9. The fraction of sp³-hybridized carbons (Fsp3) is 0.440. The minimum Gasteiger partial charge on any atom is -0.497 e. The summed E-state index contributed by atoms with van der Waals surface area (Å²) in [4.78, 5) is 40.6. The second-order valence-corrected chi connectivity index (χ2v) is 8.84. The van der Waals surface area contributed by atoms with Gasteiger partial charge in [0.05, 0.1) is 18.1 Å². The number of hydrogen-bond donors (Lipinski definition) is 1. The van der Waals surface area contributed by atoms with Crippen LogP contribution in [0.15, 0.2) is 48.5 Å². The van der Waals surface area contributed by atoms with E-state index in [0.717, 1.165) is 37.1 Å². The number of carbonyl (C=O) groups is 2. The molecule has 1 N–H and O–H groups in total. The van der Waals surface area contributed by atoms with Crippen molar-refractivity contribution in [3.8, 4) is 5.75 Å². The van der Waals surface area contributed by atoms with Crippen LogP contribution in [-0.4, -0.2) is 65.9 Å². The standard InChI is InChI=1S/C25H30N4O5/c1-34-22-12-8-20(9-13-22)26-24(30)23(18-4-2-3-5-18)27-14-16-28(17-15-27)25(31)19-6-10-21(11-7-19)29(32)33/h6-13,18,23H,2-5,14-17H2,1H3,(H,26,30). The third-order valence-electron chi connectivity index (χ3n) is 6.79. The Kier molecular flexibility index (Phi) is 7.42. The summed E-state index contributed by atoms with van der Waals surface area (Å²) >= 11 is 0. The van der Waals surface area contributed by atoms with Gasteiger partial charge >= 0.3 is 0 Å². The van der Waals surface area contributed by atoms with Gasteiger partial charge in [-0.2, -0.15) is 0 Å². The largest absolute Gasteiger partial charge is 0.497 e. The Balaban J connectivity index is 1.40. The summed E-state index contributed by atoms with van der Waals surface area (Å²) < 4.78 is 5.19. The first-order valence-electron chi connectivity index (χ1n) is 11.7. The lowest BCUT2D eigenvalue weighted by atomic mass is 9.94. The lowest BCUT2D eigenvalue weighted by Gasteiger charge is -2.40. The Morgan fingerprint density at radius 2 is 1.62 bits per heavy atom. The molecule has 1 aliphatic carbocycles. The zero-order valence-electron chi connectivity index (χ0n) is 19.3. The number of benzene rings is 2. The minimum absolute atomic E-state index is 0.00721. The molecule has 0 spiro atoms. The number of hydrogen-bond acceptors (Lipinski definition) is 6. The van der Waals surface area contributed by atoms with Gasteiger partial charge in [-0.3, -0.25) is 24.6 Å². The van der Waals surface area contributed by atoms with Gasteiger partial charge in [0.15, 0.2) is 0 Å². The molecule has 1 aliphatic heterocycles. The second-order valence-electron chi connectivity index (χ2n) is 8.84. The van der Waals surface area contributed by atoms with Crippen LogP contribution in [0, 0.1) is 16.0 Å². The summed E-state index contributed by atoms with van der Waals surface area (Å²) in [5.74, 6) is 0.885. The number of anilines is 1. The van der Waals surface area contributed by atoms with Crippen LogP contribution < -0.4 is 10.1 Å². The molecular formula is C25H30N4O5. The summed E-state index contributed by atoms with van der Waals surface area (Å²) in [5, 5.41) is 13.9. The maximum Gasteiger partial charge on any atom is 0.269 e. The Hall–Kier alpha value is -3.46. The predicted molar refractivity (Wildman–Crippen MR) is 128 cm³/mol. The van der Waals surface area contributed by atoms with Crippen LogP contribution in [0.2, 0.25) is 0 Å². The molecule has 2 amide bonds. The molecular weight excluding hydrogens is 436 g/mol. The number of non-ortho nitro benzene ring substituents is 1. The van der Waals surface area contributed by atoms with Crippen LogP contribution in [0.3, 0.4) is 0 Å². The van der Waals surface area contributed by atoms with Crippen LogP contribution in [-0.2, 0) is 4.79 Å². The van der Waals surface area contributed by atoms with Gasteiger partial charge in [-0.25, -0.2) is 0 Å². The number of carbonyl (C=O) groups excluding carboxylic acids is 2. The highest BCUT2D eigenvalue weighted by Crippen LogP contribution is 2.32. The molecule has 2 aromatic rings. The summed E-state index contributed by atoms with van der Waals surface area (Å²) in [5.41, 5.74) is 1.13. The zero-order valence-corrected chi connectivity index (χ0v) is 19.3. The Morgan fingerprint density at radius 3 is 2.18 bits per heavy atom. The summed E-state index contributed by atoms with van der Waals surface area (Å²) in [6.45, 7) is 2.23. The lowest BCUT2D eigenvalue weighted by Crippen LogP contribution is -2.56. The summed E-state index contributed by atoms with van der Waals surface area (Å²) in [7, 11) is 1.61. The molecule has 1 saturated heterocycles. The van der Waals surface area contributed by atoms with Gasteiger partial charge in [-0.1, -0.05) is 12.8 Å². The monoisotopic (exact) mass is 466 g/mol. The Morgan fingerprint density at radius 1 is 1.00 bits per heavy atom. The van der Waals surface area contributed by atoms with Crippen LogP contribution in [0.25, 0.3) is 0 Å². The fourth-order valence-electron chi connectivity index (χ4n) is 4.95. The molecule has 1 atom stereocenters. The van der Waals surface area contributed by atoms with Crippen molar-refractivity contribution in [2.75, 3.05) is 38.6 Å². The molecule has 4 rings (SSSR count). The van der Waals surface area contributed by atoms with Crippen molar-refractivity contribution in [2.24, 2.45) is 5.92 Å². The highest BCUT2D eigenvalue weighted by Gasteiger charge is 2.37. The Labute approximate surface area is 198 Å². The summed E-state index contributed by atoms with van der Waals surface area (Å²) in [6.07, 6.45) is 4.33. The van der Waals surface area contributed by atoms with E-state index in [0.29, 0.717) is 37.7 Å². The van der Waals surface area contributed by atoms with E-state index in [-0.39, 0.29) is 23.5 Å². The number of ether oxygens (including phenoxy) is 1. The molecule has 0 aromatic heterocycles. The van der Waals surface area contributed by atoms with E-state index < -0.39 is 4.92 Å². The van der Waals surface area contributed by atoms with Gasteiger partial charge in [0.1, 0.15) is 5.75 Å². The molecule has 2 aliphatic rings. The van der Waals surface area contributed by atoms with Crippen molar-refractivity contribution < 1.29 is 19.2 Å². The van der Waals surface area contributed by atoms with Crippen molar-refractivity contribution in [1.82, 2.24) is 9.80 Å².